The molecule has 8 N–H and O–H groups in total. The summed E-state index contributed by atoms with van der Waals surface area (Å²) >= 11 is 0. The van der Waals surface area contributed by atoms with E-state index in [1.807, 2.05) is 0 Å². The summed E-state index contributed by atoms with van der Waals surface area (Å²) in [5, 5.41) is 89.8. The average Bonchev–Trinajstić information content (AvgIpc) is 3.31. The van der Waals surface area contributed by atoms with Crippen molar-refractivity contribution in [2.45, 2.75) is 119 Å². The van der Waals surface area contributed by atoms with Gasteiger partial charge < -0.3 is 55.1 Å². The third kappa shape index (κ3) is 3.99. The maximum absolute atomic E-state index is 12.5. The smallest absolute Gasteiger partial charge is 0.331 e. The first-order chi connectivity index (χ1) is 20.4. The van der Waals surface area contributed by atoms with Crippen LogP contribution in [0.3, 0.4) is 0 Å². The van der Waals surface area contributed by atoms with Crippen molar-refractivity contribution in [1.82, 2.24) is 0 Å². The molecule has 12 nitrogen and oxygen atoms in total. The van der Waals surface area contributed by atoms with Crippen LogP contribution in [0.2, 0.25) is 0 Å². The van der Waals surface area contributed by atoms with Gasteiger partial charge in [0.2, 0.25) is 0 Å². The molecule has 0 aromatic heterocycles. The van der Waals surface area contributed by atoms with E-state index in [1.54, 1.807) is 6.92 Å². The Labute approximate surface area is 242 Å². The van der Waals surface area contributed by atoms with Crippen molar-refractivity contribution in [3.63, 3.8) is 0 Å². The van der Waals surface area contributed by atoms with E-state index >= 15 is 0 Å². The summed E-state index contributed by atoms with van der Waals surface area (Å²) in [5.41, 5.74) is -6.37. The fraction of sp³-hybridized carbons (Fsp3) is 0.897. The zero-order valence-electron chi connectivity index (χ0n) is 26.2. The van der Waals surface area contributed by atoms with Crippen LogP contribution in [-0.4, -0.2) is 120 Å². The fourth-order valence-electron chi connectivity index (χ4n) is 9.79. The molecule has 0 amide bonds. The highest BCUT2D eigenvalue weighted by Gasteiger charge is 2.75. The molecule has 12 heteroatoms. The second-order valence-corrected chi connectivity index (χ2v) is 13.5. The van der Waals surface area contributed by atoms with Crippen LogP contribution in [0.4, 0.5) is 0 Å². The summed E-state index contributed by atoms with van der Waals surface area (Å²) in [5.74, 6) is -3.60. The highest BCUT2D eigenvalue weighted by atomic mass is 16.7. The number of cyclic esters (lactones) is 1. The van der Waals surface area contributed by atoms with Gasteiger partial charge in [-0.2, -0.15) is 0 Å². The maximum Gasteiger partial charge on any atom is 0.331 e. The molecule has 0 aromatic carbocycles. The van der Waals surface area contributed by atoms with E-state index in [0.29, 0.717) is 0 Å². The Hall–Kier alpha value is -1.19. The predicted octanol–water partition coefficient (Wildman–Crippen LogP) is -1.51. The predicted molar refractivity (Wildman–Crippen MR) is 139 cm³/mol. The van der Waals surface area contributed by atoms with Crippen molar-refractivity contribution >= 4 is 5.97 Å². The van der Waals surface area contributed by atoms with E-state index in [2.05, 4.69) is 0 Å². The molecule has 5 fully saturated rings. The van der Waals surface area contributed by atoms with Crippen LogP contribution >= 0.6 is 0 Å². The Morgan fingerprint density at radius 3 is 2.49 bits per heavy atom. The standard InChI is InChI=1S/C29H44O12/c1-13-22(34)23(35)24(36)25(40-13)41-15-8-19(32)28(12-30)21-17(3-5-27(28,37)9-15)29(38)6-4-16(14-7-20(33)39-11-14)26(29,2)10-18(21)31/h7,13,15-19,21-25,30-32,34-38H,3-6,8-12H2,1-2H3/t13-,15-,16+,17+,18+,19+,21+,22-,23+,24+,25-,26+,27-,28+,29-/m0/s1/i7D,11D2. The van der Waals surface area contributed by atoms with Gasteiger partial charge in [0, 0.05) is 30.2 Å². The zero-order valence-corrected chi connectivity index (χ0v) is 23.2. The van der Waals surface area contributed by atoms with E-state index in [9.17, 15) is 45.6 Å². The van der Waals surface area contributed by atoms with Gasteiger partial charge in [-0.05, 0) is 56.4 Å². The van der Waals surface area contributed by atoms with Crippen molar-refractivity contribution < 1.29 is 64.0 Å². The lowest BCUT2D eigenvalue weighted by atomic mass is 9.40. The highest BCUT2D eigenvalue weighted by molar-refractivity contribution is 5.85. The molecule has 15 atom stereocenters. The topological polar surface area (TPSA) is 207 Å². The molecule has 6 rings (SSSR count). The lowest BCUT2D eigenvalue weighted by Crippen LogP contribution is -2.76. The van der Waals surface area contributed by atoms with Gasteiger partial charge in [-0.25, -0.2) is 4.79 Å². The molecule has 0 spiro atoms. The van der Waals surface area contributed by atoms with Crippen molar-refractivity contribution in [2.75, 3.05) is 13.2 Å². The Morgan fingerprint density at radius 1 is 1.10 bits per heavy atom. The van der Waals surface area contributed by atoms with Crippen LogP contribution in [0.25, 0.3) is 0 Å². The molecule has 2 heterocycles. The highest BCUT2D eigenvalue weighted by Crippen LogP contribution is 2.70. The SMILES string of the molecule is [2H]C1=C([C@H]2CC[C@]3(O)[C@@H]4CC[C@]5(O)C[C@@H](O[C@@H]6O[C@@H](C)[C@H](O)[C@@H](O)[C@H]6O)C[C@@H](O)[C@]5(CO)[C@H]4[C@H](O)C[C@]23C)C([2H])([2H])OC1=O. The molecule has 0 radical (unpaired) electrons. The number of aliphatic hydroxyl groups excluding tert-OH is 6. The molecule has 0 bridgehead atoms. The summed E-state index contributed by atoms with van der Waals surface area (Å²) in [4.78, 5) is 12.2. The van der Waals surface area contributed by atoms with E-state index in [-0.39, 0.29) is 50.5 Å². The number of carbonyl (C=O) groups is 1. The number of hydrogen-bond donors (Lipinski definition) is 8. The number of carbonyl (C=O) groups excluding carboxylic acids is 1. The molecule has 41 heavy (non-hydrogen) atoms. The van der Waals surface area contributed by atoms with Crippen LogP contribution in [0, 0.1) is 28.6 Å². The van der Waals surface area contributed by atoms with Crippen LogP contribution in [0.15, 0.2) is 11.6 Å². The summed E-state index contributed by atoms with van der Waals surface area (Å²) < 4.78 is 41.1. The van der Waals surface area contributed by atoms with E-state index in [0.717, 1.165) is 0 Å². The van der Waals surface area contributed by atoms with Gasteiger partial charge in [0.05, 0.1) is 51.8 Å². The second-order valence-electron chi connectivity index (χ2n) is 13.5. The van der Waals surface area contributed by atoms with Crippen molar-refractivity contribution in [1.29, 1.82) is 0 Å². The average molecular weight is 588 g/mol. The van der Waals surface area contributed by atoms with E-state index in [1.165, 1.54) is 6.92 Å². The van der Waals surface area contributed by atoms with Gasteiger partial charge in [-0.3, -0.25) is 0 Å². The van der Waals surface area contributed by atoms with E-state index in [4.69, 9.17) is 18.3 Å². The summed E-state index contributed by atoms with van der Waals surface area (Å²) in [7, 11) is 0. The van der Waals surface area contributed by atoms with Gasteiger partial charge in [0.15, 0.2) is 6.29 Å². The quantitative estimate of drug-likeness (QED) is 0.140. The molecular weight excluding hydrogens is 540 g/mol. The van der Waals surface area contributed by atoms with Crippen LogP contribution < -0.4 is 0 Å². The van der Waals surface area contributed by atoms with Crippen molar-refractivity contribution in [3.8, 4) is 0 Å². The third-order valence-corrected chi connectivity index (χ3v) is 11.9. The zero-order chi connectivity index (χ0) is 32.4. The Morgan fingerprint density at radius 2 is 1.83 bits per heavy atom. The Bertz CT molecular complexity index is 1220. The maximum atomic E-state index is 12.5. The summed E-state index contributed by atoms with van der Waals surface area (Å²) in [6, 6.07) is -0.593. The Kier molecular flexibility index (Phi) is 6.34. The minimum atomic E-state index is -2.54. The normalized spacial score (nSPS) is 59.4. The van der Waals surface area contributed by atoms with Crippen molar-refractivity contribution in [2.24, 2.45) is 28.6 Å². The third-order valence-electron chi connectivity index (χ3n) is 11.9. The summed E-state index contributed by atoms with van der Waals surface area (Å²) in [6.45, 7) is -0.0485. The van der Waals surface area contributed by atoms with Gasteiger partial charge in [0.1, 0.15) is 24.9 Å². The molecule has 2 aliphatic heterocycles. The Balaban J connectivity index is 1.30. The second kappa shape index (κ2) is 9.91. The first-order valence-electron chi connectivity index (χ1n) is 16.1. The van der Waals surface area contributed by atoms with Crippen LogP contribution in [-0.2, 0) is 19.0 Å². The molecule has 232 valence electrons. The molecule has 4 aliphatic carbocycles. The van der Waals surface area contributed by atoms with Gasteiger partial charge in [0.25, 0.3) is 0 Å². The number of esters is 1. The summed E-state index contributed by atoms with van der Waals surface area (Å²) in [6.07, 6.45) is -10.1. The lowest BCUT2D eigenvalue weighted by Gasteiger charge is -2.68. The van der Waals surface area contributed by atoms with Gasteiger partial charge in [-0.15, -0.1) is 0 Å². The first-order valence-corrected chi connectivity index (χ1v) is 14.6. The molecular formula is C29H44O12. The number of ether oxygens (including phenoxy) is 3. The monoisotopic (exact) mass is 587 g/mol. The van der Waals surface area contributed by atoms with E-state index < -0.39 is 114 Å². The minimum absolute atomic E-state index is 0.00204. The molecule has 6 aliphatic rings. The molecule has 4 saturated carbocycles. The van der Waals surface area contributed by atoms with Gasteiger partial charge >= 0.3 is 5.97 Å². The van der Waals surface area contributed by atoms with Gasteiger partial charge in [-0.1, -0.05) is 6.92 Å². The largest absolute Gasteiger partial charge is 0.458 e. The number of hydrogen-bond acceptors (Lipinski definition) is 12. The molecule has 1 saturated heterocycles. The lowest BCUT2D eigenvalue weighted by molar-refractivity contribution is -0.342. The number of rotatable bonds is 4. The number of aliphatic hydroxyl groups is 8. The fourth-order valence-corrected chi connectivity index (χ4v) is 9.79. The van der Waals surface area contributed by atoms with Crippen LogP contribution in [0.1, 0.15) is 62.9 Å². The molecule has 0 unspecified atom stereocenters. The van der Waals surface area contributed by atoms with Crippen molar-refractivity contribution in [3.05, 3.63) is 11.6 Å². The minimum Gasteiger partial charge on any atom is -0.458 e. The number of fused-ring (bicyclic) bond motifs is 5. The van der Waals surface area contributed by atoms with Crippen LogP contribution in [0.5, 0.6) is 0 Å². The first kappa shape index (κ1) is 26.2. The molecule has 0 aromatic rings.